The molecule has 8 nitrogen and oxygen atoms in total. The Bertz CT molecular complexity index is 1680. The van der Waals surface area contributed by atoms with Crippen LogP contribution in [0.25, 0.3) is 22.3 Å². The number of ether oxygens (including phenoxy) is 4. The Hall–Kier alpha value is -5.31. The van der Waals surface area contributed by atoms with Crippen LogP contribution in [0.4, 0.5) is 0 Å². The zero-order valence-electron chi connectivity index (χ0n) is 25.2. The van der Waals surface area contributed by atoms with E-state index in [9.17, 15) is 19.5 Å². The molecule has 0 unspecified atom stereocenters. The highest BCUT2D eigenvalue weighted by Gasteiger charge is 2.20. The van der Waals surface area contributed by atoms with E-state index in [0.29, 0.717) is 22.6 Å². The molecule has 0 aliphatic heterocycles. The Labute approximate surface area is 262 Å². The molecule has 4 aromatic carbocycles. The van der Waals surface area contributed by atoms with E-state index in [2.05, 4.69) is 44.3 Å². The summed E-state index contributed by atoms with van der Waals surface area (Å²) in [4.78, 5) is 37.9. The number of aryl methyl sites for hydroxylation is 1. The average Bonchev–Trinajstić information content (AvgIpc) is 3.06. The molecular weight excluding hydrogens is 572 g/mol. The van der Waals surface area contributed by atoms with E-state index in [0.717, 1.165) is 24.0 Å². The van der Waals surface area contributed by atoms with Crippen molar-refractivity contribution in [3.63, 3.8) is 0 Å². The van der Waals surface area contributed by atoms with E-state index < -0.39 is 24.5 Å². The minimum absolute atomic E-state index is 0.0199. The second kappa shape index (κ2) is 15.4. The van der Waals surface area contributed by atoms with Gasteiger partial charge < -0.3 is 24.1 Å². The third kappa shape index (κ3) is 8.63. The van der Waals surface area contributed by atoms with Crippen LogP contribution in [0.1, 0.15) is 29.3 Å². The van der Waals surface area contributed by atoms with Crippen LogP contribution in [0, 0.1) is 0 Å². The fourth-order valence-corrected chi connectivity index (χ4v) is 4.35. The molecule has 0 radical (unpaired) electrons. The first-order valence-electron chi connectivity index (χ1n) is 14.3. The van der Waals surface area contributed by atoms with Gasteiger partial charge in [0.15, 0.2) is 0 Å². The van der Waals surface area contributed by atoms with Crippen molar-refractivity contribution in [3.05, 3.63) is 126 Å². The number of esters is 3. The Morgan fingerprint density at radius 3 is 1.73 bits per heavy atom. The molecule has 0 fully saturated rings. The van der Waals surface area contributed by atoms with Gasteiger partial charge in [-0.25, -0.2) is 14.4 Å². The third-order valence-corrected chi connectivity index (χ3v) is 6.78. The summed E-state index contributed by atoms with van der Waals surface area (Å²) in [6.45, 7) is 8.72. The van der Waals surface area contributed by atoms with Gasteiger partial charge in [-0.15, -0.1) is 0 Å². The SMILES string of the molecule is C=C(COC)C(=O)Oc1ccc(-c2ccc(OC(=O)C(=C)CO)c(C(=O)Oc3ccc(-c4ccc(CCC)cc4)cc3)c2)cc1. The summed E-state index contributed by atoms with van der Waals surface area (Å²) in [5.41, 5.74) is 4.56. The lowest BCUT2D eigenvalue weighted by molar-refractivity contribution is -0.131. The Kier molecular flexibility index (Phi) is 11.2. The topological polar surface area (TPSA) is 108 Å². The van der Waals surface area contributed by atoms with E-state index >= 15 is 0 Å². The number of methoxy groups -OCH3 is 1. The molecule has 230 valence electrons. The van der Waals surface area contributed by atoms with Crippen LogP contribution in [0.5, 0.6) is 17.2 Å². The van der Waals surface area contributed by atoms with Crippen LogP contribution in [-0.2, 0) is 20.7 Å². The number of carbonyl (C=O) groups excluding carboxylic acids is 3. The predicted octanol–water partition coefficient (Wildman–Crippen LogP) is 6.75. The molecule has 4 aromatic rings. The molecule has 1 N–H and O–H groups in total. The largest absolute Gasteiger partial charge is 0.423 e. The van der Waals surface area contributed by atoms with Gasteiger partial charge in [-0.1, -0.05) is 81.1 Å². The molecule has 0 amide bonds. The normalized spacial score (nSPS) is 10.6. The number of rotatable bonds is 13. The highest BCUT2D eigenvalue weighted by Crippen LogP contribution is 2.30. The van der Waals surface area contributed by atoms with Crippen molar-refractivity contribution >= 4 is 17.9 Å². The molecule has 45 heavy (non-hydrogen) atoms. The molecule has 0 spiro atoms. The maximum Gasteiger partial charge on any atom is 0.347 e. The standard InChI is InChI=1S/C37H34O8/c1-5-6-26-7-9-27(10-8-26)28-11-16-32(17-12-28)44-37(41)33-21-30(15-20-34(33)45-35(39)24(2)22-38)29-13-18-31(19-14-29)43-36(40)25(3)23-42-4/h7-21,38H,2-3,5-6,22-23H2,1,4H3. The first-order valence-corrected chi connectivity index (χ1v) is 14.3. The fourth-order valence-electron chi connectivity index (χ4n) is 4.35. The molecule has 0 aromatic heterocycles. The first kappa shape index (κ1) is 32.6. The molecule has 0 atom stereocenters. The van der Waals surface area contributed by atoms with Crippen molar-refractivity contribution in [3.8, 4) is 39.5 Å². The van der Waals surface area contributed by atoms with Crippen LogP contribution in [-0.4, -0.2) is 43.3 Å². The van der Waals surface area contributed by atoms with Gasteiger partial charge in [0, 0.05) is 7.11 Å². The average molecular weight is 607 g/mol. The van der Waals surface area contributed by atoms with Gasteiger partial charge in [0.05, 0.1) is 24.4 Å². The molecule has 0 heterocycles. The van der Waals surface area contributed by atoms with Crippen molar-refractivity contribution < 1.29 is 38.4 Å². The number of hydrogen-bond donors (Lipinski definition) is 1. The molecule has 8 heteroatoms. The zero-order valence-corrected chi connectivity index (χ0v) is 25.2. The number of benzene rings is 4. The summed E-state index contributed by atoms with van der Waals surface area (Å²) < 4.78 is 21.3. The lowest BCUT2D eigenvalue weighted by atomic mass is 10.0. The summed E-state index contributed by atoms with van der Waals surface area (Å²) in [5, 5.41) is 9.29. The van der Waals surface area contributed by atoms with Crippen molar-refractivity contribution in [2.24, 2.45) is 0 Å². The first-order chi connectivity index (χ1) is 21.7. The molecule has 0 bridgehead atoms. The van der Waals surface area contributed by atoms with Gasteiger partial charge in [-0.2, -0.15) is 0 Å². The monoisotopic (exact) mass is 606 g/mol. The number of aliphatic hydroxyl groups is 1. The number of carbonyl (C=O) groups is 3. The molecule has 0 aliphatic carbocycles. The molecule has 0 aliphatic rings. The summed E-state index contributed by atoms with van der Waals surface area (Å²) in [6.07, 6.45) is 2.10. The fraction of sp³-hybridized carbons (Fsp3) is 0.162. The van der Waals surface area contributed by atoms with Gasteiger partial charge in [0.1, 0.15) is 22.8 Å². The van der Waals surface area contributed by atoms with Crippen LogP contribution in [0.15, 0.2) is 115 Å². The highest BCUT2D eigenvalue weighted by atomic mass is 16.6. The van der Waals surface area contributed by atoms with Crippen LogP contribution >= 0.6 is 0 Å². The van der Waals surface area contributed by atoms with E-state index in [-0.39, 0.29) is 29.1 Å². The van der Waals surface area contributed by atoms with E-state index in [1.807, 2.05) is 12.1 Å². The van der Waals surface area contributed by atoms with Crippen LogP contribution < -0.4 is 14.2 Å². The molecule has 0 saturated carbocycles. The second-order valence-electron chi connectivity index (χ2n) is 10.2. The lowest BCUT2D eigenvalue weighted by Gasteiger charge is -2.13. The molecule has 4 rings (SSSR count). The maximum absolute atomic E-state index is 13.4. The van der Waals surface area contributed by atoms with Crippen molar-refractivity contribution in [1.29, 1.82) is 0 Å². The van der Waals surface area contributed by atoms with Crippen molar-refractivity contribution in [2.45, 2.75) is 19.8 Å². The Morgan fingerprint density at radius 1 is 0.667 bits per heavy atom. The van der Waals surface area contributed by atoms with Gasteiger partial charge in [-0.3, -0.25) is 0 Å². The van der Waals surface area contributed by atoms with Gasteiger partial charge >= 0.3 is 17.9 Å². The minimum Gasteiger partial charge on any atom is -0.423 e. The lowest BCUT2D eigenvalue weighted by Crippen LogP contribution is -2.17. The van der Waals surface area contributed by atoms with Gasteiger partial charge in [0.2, 0.25) is 0 Å². The predicted molar refractivity (Wildman–Crippen MR) is 171 cm³/mol. The quantitative estimate of drug-likeness (QED) is 0.101. The minimum atomic E-state index is -0.880. The number of hydrogen-bond acceptors (Lipinski definition) is 8. The van der Waals surface area contributed by atoms with Gasteiger partial charge in [0.25, 0.3) is 0 Å². The summed E-state index contributed by atoms with van der Waals surface area (Å²) >= 11 is 0. The highest BCUT2D eigenvalue weighted by molar-refractivity contribution is 5.98. The van der Waals surface area contributed by atoms with Gasteiger partial charge in [-0.05, 0) is 70.6 Å². The van der Waals surface area contributed by atoms with Crippen molar-refractivity contribution in [2.75, 3.05) is 20.3 Å². The van der Waals surface area contributed by atoms with Crippen LogP contribution in [0.3, 0.4) is 0 Å². The summed E-state index contributed by atoms with van der Waals surface area (Å²) in [7, 11) is 1.45. The second-order valence-corrected chi connectivity index (χ2v) is 10.2. The van der Waals surface area contributed by atoms with Crippen LogP contribution in [0.2, 0.25) is 0 Å². The third-order valence-electron chi connectivity index (χ3n) is 6.78. The summed E-state index contributed by atoms with van der Waals surface area (Å²) in [6, 6.07) is 26.7. The van der Waals surface area contributed by atoms with Crippen molar-refractivity contribution in [1.82, 2.24) is 0 Å². The Balaban J connectivity index is 1.56. The summed E-state index contributed by atoms with van der Waals surface area (Å²) in [5.74, 6) is -1.70. The van der Waals surface area contributed by atoms with E-state index in [1.165, 1.54) is 24.8 Å². The van der Waals surface area contributed by atoms with E-state index in [4.69, 9.17) is 18.9 Å². The zero-order chi connectivity index (χ0) is 32.3. The smallest absolute Gasteiger partial charge is 0.347 e. The Morgan fingerprint density at radius 2 is 1.18 bits per heavy atom. The maximum atomic E-state index is 13.4. The molecule has 0 saturated heterocycles. The molecular formula is C37H34O8. The van der Waals surface area contributed by atoms with E-state index in [1.54, 1.807) is 42.5 Å². The number of aliphatic hydroxyl groups excluding tert-OH is 1.